The second-order valence-corrected chi connectivity index (χ2v) is 14.0. The Balaban J connectivity index is 1.18. The molecule has 10 nitrogen and oxygen atoms in total. The molecule has 0 aromatic rings. The van der Waals surface area contributed by atoms with Crippen LogP contribution >= 0.6 is 0 Å². The molecule has 42 heavy (non-hydrogen) atoms. The van der Waals surface area contributed by atoms with Gasteiger partial charge < -0.3 is 33.9 Å². The first kappa shape index (κ1) is 30.0. The van der Waals surface area contributed by atoms with Crippen LogP contribution in [0.5, 0.6) is 0 Å². The number of nitrogens with zero attached hydrogens (tertiary/aromatic N) is 1. The average molecular weight is 588 g/mol. The van der Waals surface area contributed by atoms with Gasteiger partial charge in [0.05, 0.1) is 34.9 Å². The number of hydrogen-bond acceptors (Lipinski definition) is 10. The van der Waals surface area contributed by atoms with Crippen LogP contribution in [0.3, 0.4) is 0 Å². The van der Waals surface area contributed by atoms with E-state index < -0.39 is 46.5 Å². The van der Waals surface area contributed by atoms with E-state index in [0.29, 0.717) is 51.6 Å². The molecule has 0 bridgehead atoms. The SMILES string of the molecule is COC1CC(O[C@H]2CC[C@]3(C#N)[C@H]4CC[C@]5(C)[C@@H](C6=CC(=O)OC6)CC[C@]5(O)[C@@H]4CC[C@]3(O)C2)OC(C)C1OC(C)=O. The molecule has 0 aromatic heterocycles. The molecule has 0 spiro atoms. The number of rotatable bonds is 5. The van der Waals surface area contributed by atoms with Crippen LogP contribution in [0.2, 0.25) is 0 Å². The van der Waals surface area contributed by atoms with Crippen LogP contribution in [0, 0.1) is 39.9 Å². The van der Waals surface area contributed by atoms with Crippen molar-refractivity contribution in [2.75, 3.05) is 13.7 Å². The summed E-state index contributed by atoms with van der Waals surface area (Å²) in [5.41, 5.74) is -2.59. The van der Waals surface area contributed by atoms with Crippen LogP contribution in [0.1, 0.15) is 85.0 Å². The summed E-state index contributed by atoms with van der Waals surface area (Å²) in [6.45, 7) is 5.64. The van der Waals surface area contributed by atoms with E-state index in [2.05, 4.69) is 13.0 Å². The van der Waals surface area contributed by atoms with E-state index in [1.165, 1.54) is 6.92 Å². The Hall–Kier alpha value is -2.03. The predicted octanol–water partition coefficient (Wildman–Crippen LogP) is 3.33. The molecule has 1 saturated heterocycles. The third-order valence-electron chi connectivity index (χ3n) is 12.3. The molecule has 10 heteroatoms. The summed E-state index contributed by atoms with van der Waals surface area (Å²) < 4.78 is 28.7. The lowest BCUT2D eigenvalue weighted by Gasteiger charge is -2.64. The third-order valence-corrected chi connectivity index (χ3v) is 12.3. The van der Waals surface area contributed by atoms with Gasteiger partial charge in [-0.3, -0.25) is 4.79 Å². The molecule has 0 aromatic carbocycles. The van der Waals surface area contributed by atoms with E-state index in [4.69, 9.17) is 23.7 Å². The maximum absolute atomic E-state index is 12.4. The van der Waals surface area contributed by atoms with Crippen LogP contribution in [-0.2, 0) is 33.3 Å². The minimum absolute atomic E-state index is 0.0761. The maximum Gasteiger partial charge on any atom is 0.331 e. The van der Waals surface area contributed by atoms with Crippen molar-refractivity contribution < 1.29 is 43.5 Å². The normalized spacial score (nSPS) is 50.0. The Morgan fingerprint density at radius 1 is 1.12 bits per heavy atom. The summed E-state index contributed by atoms with van der Waals surface area (Å²) >= 11 is 0. The second kappa shape index (κ2) is 10.6. The molecular formula is C32H45NO9. The number of ether oxygens (including phenoxy) is 5. The highest BCUT2D eigenvalue weighted by Gasteiger charge is 2.72. The summed E-state index contributed by atoms with van der Waals surface area (Å²) in [7, 11) is 1.58. The molecule has 4 aliphatic carbocycles. The van der Waals surface area contributed by atoms with E-state index in [-0.39, 0.29) is 35.9 Å². The Morgan fingerprint density at radius 2 is 1.88 bits per heavy atom. The topological polar surface area (TPSA) is 145 Å². The van der Waals surface area contributed by atoms with Crippen molar-refractivity contribution in [3.63, 3.8) is 0 Å². The molecular weight excluding hydrogens is 542 g/mol. The van der Waals surface area contributed by atoms with Crippen molar-refractivity contribution in [2.24, 2.45) is 28.6 Å². The Morgan fingerprint density at radius 3 is 2.55 bits per heavy atom. The van der Waals surface area contributed by atoms with E-state index >= 15 is 0 Å². The molecule has 12 atom stereocenters. The molecule has 4 unspecified atom stereocenters. The lowest BCUT2D eigenvalue weighted by atomic mass is 9.41. The molecule has 5 fully saturated rings. The smallest absolute Gasteiger partial charge is 0.331 e. The molecule has 2 heterocycles. The third kappa shape index (κ3) is 4.37. The highest BCUT2D eigenvalue weighted by atomic mass is 16.7. The van der Waals surface area contributed by atoms with Gasteiger partial charge >= 0.3 is 11.9 Å². The number of nitriles is 1. The zero-order valence-corrected chi connectivity index (χ0v) is 25.2. The summed E-state index contributed by atoms with van der Waals surface area (Å²) in [5.74, 6) is -0.844. The average Bonchev–Trinajstić information content (AvgIpc) is 3.48. The molecule has 6 rings (SSSR count). The summed E-state index contributed by atoms with van der Waals surface area (Å²) in [5, 5.41) is 35.4. The molecule has 232 valence electrons. The first-order chi connectivity index (χ1) is 19.9. The Bertz CT molecular complexity index is 1180. The molecule has 2 N–H and O–H groups in total. The van der Waals surface area contributed by atoms with Crippen LogP contribution in [0.25, 0.3) is 0 Å². The number of cyclic esters (lactones) is 1. The summed E-state index contributed by atoms with van der Waals surface area (Å²) in [6.07, 6.45) is 5.16. The first-order valence-corrected chi connectivity index (χ1v) is 15.6. The number of hydrogen-bond donors (Lipinski definition) is 2. The van der Waals surface area contributed by atoms with Gasteiger partial charge in [0.25, 0.3) is 0 Å². The van der Waals surface area contributed by atoms with Crippen molar-refractivity contribution in [1.29, 1.82) is 5.26 Å². The highest BCUT2D eigenvalue weighted by molar-refractivity contribution is 5.85. The number of fused-ring (bicyclic) bond motifs is 5. The molecule has 2 aliphatic heterocycles. The van der Waals surface area contributed by atoms with Gasteiger partial charge in [-0.1, -0.05) is 6.92 Å². The van der Waals surface area contributed by atoms with Crippen LogP contribution in [0.15, 0.2) is 11.6 Å². The lowest BCUT2D eigenvalue weighted by Crippen LogP contribution is -2.68. The van der Waals surface area contributed by atoms with E-state index in [0.717, 1.165) is 24.8 Å². The number of aliphatic hydroxyl groups is 2. The molecule has 6 aliphatic rings. The second-order valence-electron chi connectivity index (χ2n) is 14.0. The minimum Gasteiger partial charge on any atom is -0.458 e. The Kier molecular flexibility index (Phi) is 7.54. The summed E-state index contributed by atoms with van der Waals surface area (Å²) in [6, 6.07) is 2.62. The van der Waals surface area contributed by atoms with Gasteiger partial charge in [-0.25, -0.2) is 4.79 Å². The lowest BCUT2D eigenvalue weighted by molar-refractivity contribution is -0.288. The van der Waals surface area contributed by atoms with E-state index in [1.807, 2.05) is 6.92 Å². The fraction of sp³-hybridized carbons (Fsp3) is 0.844. The van der Waals surface area contributed by atoms with Crippen LogP contribution < -0.4 is 0 Å². The van der Waals surface area contributed by atoms with Crippen LogP contribution in [-0.4, -0.2) is 77.8 Å². The minimum atomic E-state index is -1.23. The van der Waals surface area contributed by atoms with Gasteiger partial charge in [0, 0.05) is 38.4 Å². The van der Waals surface area contributed by atoms with Gasteiger partial charge in [0.1, 0.15) is 12.7 Å². The quantitative estimate of drug-likeness (QED) is 0.363. The Labute approximate surface area is 247 Å². The fourth-order valence-electron chi connectivity index (χ4n) is 10.3. The fourth-order valence-corrected chi connectivity index (χ4v) is 10.3. The van der Waals surface area contributed by atoms with Crippen molar-refractivity contribution in [3.05, 3.63) is 11.6 Å². The monoisotopic (exact) mass is 587 g/mol. The van der Waals surface area contributed by atoms with Gasteiger partial charge in [-0.15, -0.1) is 0 Å². The molecule has 4 saturated carbocycles. The number of esters is 2. The zero-order valence-electron chi connectivity index (χ0n) is 25.2. The largest absolute Gasteiger partial charge is 0.458 e. The van der Waals surface area contributed by atoms with Gasteiger partial charge in [-0.2, -0.15) is 5.26 Å². The van der Waals surface area contributed by atoms with E-state index in [9.17, 15) is 25.1 Å². The van der Waals surface area contributed by atoms with E-state index in [1.54, 1.807) is 13.2 Å². The van der Waals surface area contributed by atoms with Crippen molar-refractivity contribution >= 4 is 11.9 Å². The van der Waals surface area contributed by atoms with Gasteiger partial charge in [-0.05, 0) is 81.6 Å². The van der Waals surface area contributed by atoms with Gasteiger partial charge in [0.2, 0.25) is 0 Å². The summed E-state index contributed by atoms with van der Waals surface area (Å²) in [4.78, 5) is 23.4. The van der Waals surface area contributed by atoms with Gasteiger partial charge in [0.15, 0.2) is 12.4 Å². The highest BCUT2D eigenvalue weighted by Crippen LogP contribution is 2.70. The van der Waals surface area contributed by atoms with Crippen molar-refractivity contribution in [2.45, 2.75) is 127 Å². The zero-order chi connectivity index (χ0) is 30.1. The first-order valence-electron chi connectivity index (χ1n) is 15.6. The number of carbonyl (C=O) groups excluding carboxylic acids is 2. The number of methoxy groups -OCH3 is 1. The number of carbonyl (C=O) groups is 2. The van der Waals surface area contributed by atoms with Crippen molar-refractivity contribution in [1.82, 2.24) is 0 Å². The van der Waals surface area contributed by atoms with Crippen molar-refractivity contribution in [3.8, 4) is 6.07 Å². The molecule has 0 radical (unpaired) electrons. The molecule has 0 amide bonds. The maximum atomic E-state index is 12.4. The predicted molar refractivity (Wildman–Crippen MR) is 147 cm³/mol. The standard InChI is InChI=1S/C32H45NO9/c1-18-28(41-19(2)34)25(38-4)14-27(40-18)42-21-5-10-30(17-33)23-6-9-29(3)22(20-13-26(35)39-16-20)8-12-32(29,37)24(23)7-11-31(30,36)15-21/h13,18,21-25,27-28,36-37H,5-12,14-16H2,1-4H3/t18?,21-,22+,23-,24+,25?,27?,28?,29+,30-,31-,32-/m0/s1. The van der Waals surface area contributed by atoms with Crippen LogP contribution in [0.4, 0.5) is 0 Å².